The second-order valence-corrected chi connectivity index (χ2v) is 9.56. The van der Waals surface area contributed by atoms with Crippen molar-refractivity contribution in [1.82, 2.24) is 4.90 Å². The quantitative estimate of drug-likeness (QED) is 0.725. The minimum atomic E-state index is -0.942. The van der Waals surface area contributed by atoms with E-state index >= 15 is 0 Å². The van der Waals surface area contributed by atoms with Crippen LogP contribution in [-0.2, 0) is 16.0 Å². The largest absolute Gasteiger partial charge is 0.481 e. The maximum Gasteiger partial charge on any atom is 0.303 e. The maximum absolute atomic E-state index is 13.7. The van der Waals surface area contributed by atoms with Crippen LogP contribution in [0.25, 0.3) is 0 Å². The molecule has 1 N–H and O–H groups in total. The first kappa shape index (κ1) is 22.3. The summed E-state index contributed by atoms with van der Waals surface area (Å²) in [5.41, 5.74) is 3.35. The second kappa shape index (κ2) is 8.93. The minimum Gasteiger partial charge on any atom is -0.481 e. The number of hydrogen-bond donors (Lipinski definition) is 1. The summed E-state index contributed by atoms with van der Waals surface area (Å²) in [7, 11) is 0. The molecule has 2 aliphatic rings. The third-order valence-corrected chi connectivity index (χ3v) is 6.99. The number of rotatable bonds is 6. The van der Waals surface area contributed by atoms with E-state index in [1.165, 1.54) is 23.3 Å². The monoisotopic (exact) mass is 438 g/mol. The highest BCUT2D eigenvalue weighted by Crippen LogP contribution is 2.46. The van der Waals surface area contributed by atoms with Gasteiger partial charge in [-0.3, -0.25) is 9.59 Å². The summed E-state index contributed by atoms with van der Waals surface area (Å²) < 4.78 is 13.7. The van der Waals surface area contributed by atoms with Gasteiger partial charge in [0.2, 0.25) is 5.91 Å². The van der Waals surface area contributed by atoms with Crippen LogP contribution >= 0.6 is 0 Å². The molecular weight excluding hydrogens is 407 g/mol. The van der Waals surface area contributed by atoms with Crippen LogP contribution in [0.15, 0.2) is 48.5 Å². The summed E-state index contributed by atoms with van der Waals surface area (Å²) in [5.74, 6) is -0.977. The summed E-state index contributed by atoms with van der Waals surface area (Å²) in [6, 6.07) is 15.6. The number of anilines is 1. The van der Waals surface area contributed by atoms with Crippen molar-refractivity contribution in [2.45, 2.75) is 57.5 Å². The number of carbonyl (C=O) groups is 2. The first-order valence-electron chi connectivity index (χ1n) is 11.4. The van der Waals surface area contributed by atoms with E-state index in [1.54, 1.807) is 0 Å². The van der Waals surface area contributed by atoms with Crippen molar-refractivity contribution < 1.29 is 19.1 Å². The Hall–Kier alpha value is -2.89. The Bertz CT molecular complexity index is 993. The number of aryl methyl sites for hydroxylation is 1. The molecule has 3 atom stereocenters. The van der Waals surface area contributed by atoms with Gasteiger partial charge in [-0.2, -0.15) is 0 Å². The van der Waals surface area contributed by atoms with E-state index in [9.17, 15) is 14.0 Å². The van der Waals surface area contributed by atoms with Gasteiger partial charge in [0, 0.05) is 36.8 Å². The minimum absolute atomic E-state index is 0.0506. The van der Waals surface area contributed by atoms with E-state index in [2.05, 4.69) is 43.0 Å². The number of piperidine rings is 1. The molecule has 0 unspecified atom stereocenters. The lowest BCUT2D eigenvalue weighted by molar-refractivity contribution is -0.141. The number of benzene rings is 2. The molecule has 170 valence electrons. The molecule has 1 amide bonds. The highest BCUT2D eigenvalue weighted by molar-refractivity contribution is 5.80. The lowest BCUT2D eigenvalue weighted by atomic mass is 9.85. The van der Waals surface area contributed by atoms with Crippen molar-refractivity contribution in [2.24, 2.45) is 5.92 Å². The molecule has 0 saturated carbocycles. The molecule has 2 saturated heterocycles. The first-order valence-corrected chi connectivity index (χ1v) is 11.4. The van der Waals surface area contributed by atoms with Crippen LogP contribution in [0.3, 0.4) is 0 Å². The van der Waals surface area contributed by atoms with Crippen LogP contribution in [0.1, 0.15) is 43.7 Å². The number of likely N-dealkylation sites (tertiary alicyclic amines) is 1. The van der Waals surface area contributed by atoms with Crippen molar-refractivity contribution in [3.63, 3.8) is 0 Å². The molecule has 5 nitrogen and oxygen atoms in total. The standard InChI is InChI=1S/C26H31FN2O3/c1-18-4-3-5-19(14-18)15-26(2)16-20-17-28(24(30)10-11-25(31)32)13-12-23(20)29(26)22-8-6-21(27)7-9-22/h3-9,14,20,23H,10-13,15-17H2,1-2H3,(H,31,32)/t20-,23+,26-/m1/s1. The molecule has 6 heteroatoms. The Morgan fingerprint density at radius 1 is 1.16 bits per heavy atom. The third kappa shape index (κ3) is 4.64. The van der Waals surface area contributed by atoms with Crippen LogP contribution in [0.4, 0.5) is 10.1 Å². The van der Waals surface area contributed by atoms with Gasteiger partial charge in [-0.1, -0.05) is 29.8 Å². The van der Waals surface area contributed by atoms with Crippen LogP contribution in [-0.4, -0.2) is 46.6 Å². The van der Waals surface area contributed by atoms with E-state index in [0.717, 1.165) is 24.9 Å². The van der Waals surface area contributed by atoms with Crippen LogP contribution in [0.2, 0.25) is 0 Å². The van der Waals surface area contributed by atoms with Crippen LogP contribution in [0, 0.1) is 18.7 Å². The Labute approximate surface area is 188 Å². The van der Waals surface area contributed by atoms with Crippen molar-refractivity contribution in [1.29, 1.82) is 0 Å². The normalized spacial score (nSPS) is 25.0. The lowest BCUT2D eigenvalue weighted by Crippen LogP contribution is -2.51. The van der Waals surface area contributed by atoms with Gasteiger partial charge in [-0.05, 0) is 68.9 Å². The predicted octanol–water partition coefficient (Wildman–Crippen LogP) is 4.43. The number of amides is 1. The van der Waals surface area contributed by atoms with Gasteiger partial charge in [0.05, 0.1) is 6.42 Å². The van der Waals surface area contributed by atoms with Gasteiger partial charge in [0.1, 0.15) is 5.82 Å². The highest BCUT2D eigenvalue weighted by atomic mass is 19.1. The first-order chi connectivity index (χ1) is 15.2. The topological polar surface area (TPSA) is 60.9 Å². The molecule has 0 bridgehead atoms. The fourth-order valence-corrected chi connectivity index (χ4v) is 5.75. The second-order valence-electron chi connectivity index (χ2n) is 9.56. The van der Waals surface area contributed by atoms with E-state index in [0.29, 0.717) is 13.1 Å². The molecule has 2 aliphatic heterocycles. The summed E-state index contributed by atoms with van der Waals surface area (Å²) >= 11 is 0. The summed E-state index contributed by atoms with van der Waals surface area (Å²) in [6.45, 7) is 5.63. The van der Waals surface area contributed by atoms with Crippen LogP contribution < -0.4 is 4.90 Å². The zero-order chi connectivity index (χ0) is 22.9. The van der Waals surface area contributed by atoms with E-state index in [1.807, 2.05) is 17.0 Å². The zero-order valence-electron chi connectivity index (χ0n) is 18.8. The maximum atomic E-state index is 13.7. The average Bonchev–Trinajstić information content (AvgIpc) is 3.03. The third-order valence-electron chi connectivity index (χ3n) is 6.99. The van der Waals surface area contributed by atoms with E-state index in [-0.39, 0.29) is 42.1 Å². The van der Waals surface area contributed by atoms with Gasteiger partial charge >= 0.3 is 5.97 Å². The van der Waals surface area contributed by atoms with Gasteiger partial charge < -0.3 is 14.9 Å². The molecule has 0 aliphatic carbocycles. The molecule has 4 rings (SSSR count). The van der Waals surface area contributed by atoms with Crippen LogP contribution in [0.5, 0.6) is 0 Å². The molecule has 2 aromatic rings. The number of aliphatic carboxylic acids is 1. The number of carbonyl (C=O) groups excluding carboxylic acids is 1. The lowest BCUT2D eigenvalue weighted by Gasteiger charge is -2.43. The van der Waals surface area contributed by atoms with E-state index in [4.69, 9.17) is 5.11 Å². The number of hydrogen-bond acceptors (Lipinski definition) is 3. The number of carboxylic acid groups (broad SMARTS) is 1. The Kier molecular flexibility index (Phi) is 6.22. The number of nitrogens with zero attached hydrogens (tertiary/aromatic N) is 2. The SMILES string of the molecule is Cc1cccc(C[C@]2(C)C[C@@H]3CN(C(=O)CCC(=O)O)CC[C@@H]3N2c2ccc(F)cc2)c1. The molecule has 2 aromatic carbocycles. The molecule has 0 aromatic heterocycles. The molecule has 32 heavy (non-hydrogen) atoms. The van der Waals surface area contributed by atoms with Gasteiger partial charge in [-0.15, -0.1) is 0 Å². The summed E-state index contributed by atoms with van der Waals surface area (Å²) in [5, 5.41) is 8.92. The Morgan fingerprint density at radius 2 is 1.91 bits per heavy atom. The zero-order valence-corrected chi connectivity index (χ0v) is 18.8. The Balaban J connectivity index is 1.60. The van der Waals surface area contributed by atoms with Crippen molar-refractivity contribution in [3.8, 4) is 0 Å². The molecule has 2 fully saturated rings. The van der Waals surface area contributed by atoms with Gasteiger partial charge in [0.15, 0.2) is 0 Å². The number of carboxylic acids is 1. The van der Waals surface area contributed by atoms with Gasteiger partial charge in [-0.25, -0.2) is 4.39 Å². The fraction of sp³-hybridized carbons (Fsp3) is 0.462. The smallest absolute Gasteiger partial charge is 0.303 e. The number of fused-ring (bicyclic) bond motifs is 1. The number of halogens is 1. The van der Waals surface area contributed by atoms with Crippen molar-refractivity contribution in [3.05, 3.63) is 65.5 Å². The predicted molar refractivity (Wildman–Crippen MR) is 122 cm³/mol. The molecule has 2 heterocycles. The van der Waals surface area contributed by atoms with E-state index < -0.39 is 5.97 Å². The van der Waals surface area contributed by atoms with Gasteiger partial charge in [0.25, 0.3) is 0 Å². The summed E-state index contributed by atoms with van der Waals surface area (Å²) in [4.78, 5) is 27.7. The average molecular weight is 439 g/mol. The molecule has 0 spiro atoms. The van der Waals surface area contributed by atoms with Crippen molar-refractivity contribution in [2.75, 3.05) is 18.0 Å². The summed E-state index contributed by atoms with van der Waals surface area (Å²) in [6.07, 6.45) is 2.53. The molecule has 0 radical (unpaired) electrons. The van der Waals surface area contributed by atoms with Crippen molar-refractivity contribution >= 4 is 17.6 Å². The molecular formula is C26H31FN2O3. The highest BCUT2D eigenvalue weighted by Gasteiger charge is 2.50. The fourth-order valence-electron chi connectivity index (χ4n) is 5.75. The Morgan fingerprint density at radius 3 is 2.59 bits per heavy atom.